The van der Waals surface area contributed by atoms with Crippen molar-refractivity contribution >= 4 is 0 Å². The van der Waals surface area contributed by atoms with Crippen LogP contribution < -0.4 is 0 Å². The van der Waals surface area contributed by atoms with Gasteiger partial charge in [0.25, 0.3) is 0 Å². The average Bonchev–Trinajstić information content (AvgIpc) is 2.65. The Kier molecular flexibility index (Phi) is 4.71. The summed E-state index contributed by atoms with van der Waals surface area (Å²) >= 11 is 0. The summed E-state index contributed by atoms with van der Waals surface area (Å²) in [5, 5.41) is 14.7. The first-order valence-corrected chi connectivity index (χ1v) is 6.14. The number of hydrogen-bond donors (Lipinski definition) is 1. The predicted molar refractivity (Wildman–Crippen MR) is 67.7 cm³/mol. The second-order valence-electron chi connectivity index (χ2n) is 5.45. The largest absolute Gasteiger partial charge is 0.384 e. The van der Waals surface area contributed by atoms with E-state index in [9.17, 15) is 5.11 Å². The van der Waals surface area contributed by atoms with Crippen molar-refractivity contribution in [3.63, 3.8) is 0 Å². The molecule has 0 saturated carbocycles. The van der Waals surface area contributed by atoms with Gasteiger partial charge in [-0.15, -0.1) is 0 Å². The fourth-order valence-electron chi connectivity index (χ4n) is 2.10. The first-order valence-electron chi connectivity index (χ1n) is 6.14. The molecule has 0 aromatic carbocycles. The molecule has 0 amide bonds. The van der Waals surface area contributed by atoms with Crippen molar-refractivity contribution in [2.75, 3.05) is 7.11 Å². The number of methoxy groups -OCH3 is 1. The number of aromatic nitrogens is 2. The molecule has 0 aliphatic heterocycles. The molecule has 0 fully saturated rings. The van der Waals surface area contributed by atoms with Crippen molar-refractivity contribution < 1.29 is 9.84 Å². The Bertz CT molecular complexity index is 341. The van der Waals surface area contributed by atoms with Crippen LogP contribution in [-0.2, 0) is 11.3 Å². The van der Waals surface area contributed by atoms with E-state index in [-0.39, 0.29) is 11.5 Å². The van der Waals surface area contributed by atoms with E-state index < -0.39 is 6.10 Å². The Morgan fingerprint density at radius 1 is 1.47 bits per heavy atom. The lowest BCUT2D eigenvalue weighted by molar-refractivity contribution is -0.0755. The lowest BCUT2D eigenvalue weighted by Gasteiger charge is -2.33. The first kappa shape index (κ1) is 14.2. The van der Waals surface area contributed by atoms with Gasteiger partial charge in [-0.3, -0.25) is 4.68 Å². The molecule has 0 radical (unpaired) electrons. The van der Waals surface area contributed by atoms with Crippen LogP contribution in [0, 0.1) is 5.41 Å². The second-order valence-corrected chi connectivity index (χ2v) is 5.45. The minimum Gasteiger partial charge on any atom is -0.384 e. The van der Waals surface area contributed by atoms with Gasteiger partial charge in [-0.2, -0.15) is 5.10 Å². The lowest BCUT2D eigenvalue weighted by Crippen LogP contribution is -2.35. The van der Waals surface area contributed by atoms with E-state index in [0.717, 1.165) is 18.7 Å². The third-order valence-electron chi connectivity index (χ3n) is 2.88. The fraction of sp³-hybridized carbons (Fsp3) is 0.769. The van der Waals surface area contributed by atoms with Crippen LogP contribution in [0.4, 0.5) is 0 Å². The standard InChI is InChI=1S/C13H24N2O2/c1-6-9-15-10(7-8-14-15)11(16)12(17-5)13(2,3)4/h7-8,11-12,16H,6,9H2,1-5H3. The number of ether oxygens (including phenoxy) is 1. The van der Waals surface area contributed by atoms with Crippen LogP contribution in [0.15, 0.2) is 12.3 Å². The quantitative estimate of drug-likeness (QED) is 0.859. The molecule has 4 nitrogen and oxygen atoms in total. The number of aliphatic hydroxyl groups is 1. The maximum atomic E-state index is 10.4. The van der Waals surface area contributed by atoms with Crippen molar-refractivity contribution in [3.8, 4) is 0 Å². The zero-order chi connectivity index (χ0) is 13.1. The van der Waals surface area contributed by atoms with Gasteiger partial charge in [-0.25, -0.2) is 0 Å². The Balaban J connectivity index is 2.93. The number of rotatable bonds is 5. The van der Waals surface area contributed by atoms with E-state index in [2.05, 4.69) is 32.8 Å². The monoisotopic (exact) mass is 240 g/mol. The van der Waals surface area contributed by atoms with Crippen molar-refractivity contribution in [1.29, 1.82) is 0 Å². The molecule has 0 bridgehead atoms. The third-order valence-corrected chi connectivity index (χ3v) is 2.88. The maximum absolute atomic E-state index is 10.4. The molecule has 2 unspecified atom stereocenters. The van der Waals surface area contributed by atoms with Crippen molar-refractivity contribution in [2.45, 2.75) is 52.9 Å². The zero-order valence-electron chi connectivity index (χ0n) is 11.5. The van der Waals surface area contributed by atoms with Crippen LogP contribution in [0.2, 0.25) is 0 Å². The Labute approximate surface area is 104 Å². The summed E-state index contributed by atoms with van der Waals surface area (Å²) in [6.45, 7) is 9.09. The molecule has 2 atom stereocenters. The molecule has 1 N–H and O–H groups in total. The summed E-state index contributed by atoms with van der Waals surface area (Å²) < 4.78 is 7.29. The summed E-state index contributed by atoms with van der Waals surface area (Å²) in [6.07, 6.45) is 1.84. The SMILES string of the molecule is CCCn1nccc1C(O)C(OC)C(C)(C)C. The minimum absolute atomic E-state index is 0.116. The highest BCUT2D eigenvalue weighted by atomic mass is 16.5. The average molecular weight is 240 g/mol. The van der Waals surface area contributed by atoms with Gasteiger partial charge in [-0.1, -0.05) is 27.7 Å². The van der Waals surface area contributed by atoms with Gasteiger partial charge in [0.15, 0.2) is 0 Å². The van der Waals surface area contributed by atoms with Gasteiger partial charge in [0.1, 0.15) is 6.10 Å². The Hall–Kier alpha value is -0.870. The molecule has 0 aliphatic rings. The van der Waals surface area contributed by atoms with Crippen LogP contribution in [-0.4, -0.2) is 28.1 Å². The number of aryl methyl sites for hydroxylation is 1. The highest BCUT2D eigenvalue weighted by Gasteiger charge is 2.33. The summed E-state index contributed by atoms with van der Waals surface area (Å²) in [7, 11) is 1.64. The molecule has 1 heterocycles. The molecule has 1 rings (SSSR count). The fourth-order valence-corrected chi connectivity index (χ4v) is 2.10. The molecule has 98 valence electrons. The smallest absolute Gasteiger partial charge is 0.122 e. The second kappa shape index (κ2) is 5.65. The summed E-state index contributed by atoms with van der Waals surface area (Å²) in [5.41, 5.74) is 0.712. The van der Waals surface area contributed by atoms with Gasteiger partial charge in [-0.05, 0) is 17.9 Å². The summed E-state index contributed by atoms with van der Waals surface area (Å²) in [4.78, 5) is 0. The van der Waals surface area contributed by atoms with E-state index in [1.54, 1.807) is 13.3 Å². The van der Waals surface area contributed by atoms with Gasteiger partial charge < -0.3 is 9.84 Å². The summed E-state index contributed by atoms with van der Waals surface area (Å²) in [5.74, 6) is 0. The molecule has 0 spiro atoms. The van der Waals surface area contributed by atoms with Gasteiger partial charge in [0.2, 0.25) is 0 Å². The molecular weight excluding hydrogens is 216 g/mol. The normalized spacial score (nSPS) is 15.9. The van der Waals surface area contributed by atoms with E-state index in [1.165, 1.54) is 0 Å². The highest BCUT2D eigenvalue weighted by molar-refractivity contribution is 5.08. The zero-order valence-corrected chi connectivity index (χ0v) is 11.5. The van der Waals surface area contributed by atoms with Crippen molar-refractivity contribution in [3.05, 3.63) is 18.0 Å². The van der Waals surface area contributed by atoms with Gasteiger partial charge in [0.05, 0.1) is 11.8 Å². The number of aliphatic hydroxyl groups excluding tert-OH is 1. The van der Waals surface area contributed by atoms with Crippen LogP contribution in [0.5, 0.6) is 0 Å². The van der Waals surface area contributed by atoms with Crippen molar-refractivity contribution in [2.24, 2.45) is 5.41 Å². The molecule has 1 aromatic heterocycles. The van der Waals surface area contributed by atoms with Gasteiger partial charge in [0, 0.05) is 19.9 Å². The van der Waals surface area contributed by atoms with E-state index in [0.29, 0.717) is 0 Å². The molecular formula is C13H24N2O2. The van der Waals surface area contributed by atoms with Crippen molar-refractivity contribution in [1.82, 2.24) is 9.78 Å². The van der Waals surface area contributed by atoms with Crippen LogP contribution in [0.25, 0.3) is 0 Å². The molecule has 4 heteroatoms. The lowest BCUT2D eigenvalue weighted by atomic mass is 9.84. The van der Waals surface area contributed by atoms with E-state index >= 15 is 0 Å². The topological polar surface area (TPSA) is 47.3 Å². The highest BCUT2D eigenvalue weighted by Crippen LogP contribution is 2.32. The third kappa shape index (κ3) is 3.30. The molecule has 0 saturated heterocycles. The van der Waals surface area contributed by atoms with Crippen LogP contribution in [0.3, 0.4) is 0 Å². The Morgan fingerprint density at radius 2 is 2.12 bits per heavy atom. The molecule has 1 aromatic rings. The maximum Gasteiger partial charge on any atom is 0.122 e. The number of hydrogen-bond acceptors (Lipinski definition) is 3. The molecule has 0 aliphatic carbocycles. The van der Waals surface area contributed by atoms with E-state index in [1.807, 2.05) is 10.7 Å². The minimum atomic E-state index is -0.644. The van der Waals surface area contributed by atoms with Crippen LogP contribution >= 0.6 is 0 Å². The van der Waals surface area contributed by atoms with Gasteiger partial charge >= 0.3 is 0 Å². The molecule has 17 heavy (non-hydrogen) atoms. The van der Waals surface area contributed by atoms with E-state index in [4.69, 9.17) is 4.74 Å². The van der Waals surface area contributed by atoms with Crippen LogP contribution in [0.1, 0.15) is 45.9 Å². The first-order chi connectivity index (χ1) is 7.91. The number of nitrogens with zero attached hydrogens (tertiary/aromatic N) is 2. The Morgan fingerprint density at radius 3 is 2.59 bits per heavy atom. The summed E-state index contributed by atoms with van der Waals surface area (Å²) in [6, 6.07) is 1.86. The predicted octanol–water partition coefficient (Wildman–Crippen LogP) is 2.39.